The number of thioether (sulfide) groups is 1. The van der Waals surface area contributed by atoms with Crippen molar-refractivity contribution >= 4 is 29.5 Å². The van der Waals surface area contributed by atoms with Crippen molar-refractivity contribution in [2.45, 2.75) is 31.3 Å². The van der Waals surface area contributed by atoms with Gasteiger partial charge in [-0.15, -0.1) is 11.8 Å². The van der Waals surface area contributed by atoms with Crippen LogP contribution >= 0.6 is 11.8 Å². The lowest BCUT2D eigenvalue weighted by molar-refractivity contribution is -0.135. The first-order valence-electron chi connectivity index (χ1n) is 6.10. The largest absolute Gasteiger partial charge is 0.480 e. The molecule has 0 aliphatic carbocycles. The third kappa shape index (κ3) is 4.77. The van der Waals surface area contributed by atoms with Gasteiger partial charge in [0.05, 0.1) is 5.69 Å². The molecule has 0 aliphatic rings. The Bertz CT molecular complexity index is 496. The van der Waals surface area contributed by atoms with Crippen molar-refractivity contribution in [2.24, 2.45) is 0 Å². The van der Waals surface area contributed by atoms with Crippen molar-refractivity contribution in [3.63, 3.8) is 0 Å². The summed E-state index contributed by atoms with van der Waals surface area (Å²) in [5.74, 6) is -1.09. The van der Waals surface area contributed by atoms with Crippen LogP contribution in [0.25, 0.3) is 0 Å². The summed E-state index contributed by atoms with van der Waals surface area (Å²) >= 11 is 1.44. The Morgan fingerprint density at radius 3 is 2.40 bits per heavy atom. The van der Waals surface area contributed by atoms with E-state index in [0.29, 0.717) is 5.69 Å². The Morgan fingerprint density at radius 2 is 1.90 bits per heavy atom. The third-order valence-corrected chi connectivity index (χ3v) is 3.07. The van der Waals surface area contributed by atoms with E-state index in [1.165, 1.54) is 11.8 Å². The first-order valence-corrected chi connectivity index (χ1v) is 7.32. The van der Waals surface area contributed by atoms with E-state index in [4.69, 9.17) is 9.84 Å². The van der Waals surface area contributed by atoms with Gasteiger partial charge in [0.15, 0.2) is 0 Å². The highest BCUT2D eigenvalue weighted by Crippen LogP contribution is 2.29. The molecule has 0 aromatic heterocycles. The smallest absolute Gasteiger partial charge is 0.415 e. The van der Waals surface area contributed by atoms with Crippen molar-refractivity contribution in [1.82, 2.24) is 0 Å². The molecule has 1 rings (SSSR count). The van der Waals surface area contributed by atoms with Crippen molar-refractivity contribution in [2.75, 3.05) is 17.7 Å². The molecular weight excluding hydrogens is 278 g/mol. The number of carbonyl (C=O) groups excluding carboxylic acids is 1. The number of hydrogen-bond acceptors (Lipinski definition) is 4. The summed E-state index contributed by atoms with van der Waals surface area (Å²) in [6, 6.07) is 7.13. The van der Waals surface area contributed by atoms with Crippen molar-refractivity contribution in [1.29, 1.82) is 0 Å². The molecule has 0 heterocycles. The Labute approximate surface area is 122 Å². The highest BCUT2D eigenvalue weighted by atomic mass is 32.2. The van der Waals surface area contributed by atoms with E-state index >= 15 is 0 Å². The lowest BCUT2D eigenvalue weighted by Gasteiger charge is -2.27. The quantitative estimate of drug-likeness (QED) is 0.864. The number of ether oxygens (including phenoxy) is 1. The summed E-state index contributed by atoms with van der Waals surface area (Å²) in [5, 5.41) is 9.00. The van der Waals surface area contributed by atoms with Gasteiger partial charge in [0.25, 0.3) is 0 Å². The zero-order valence-electron chi connectivity index (χ0n) is 12.0. The molecular formula is C14H19NO4S. The molecule has 0 atom stereocenters. The molecule has 0 radical (unpaired) electrons. The van der Waals surface area contributed by atoms with Crippen LogP contribution in [0.5, 0.6) is 0 Å². The summed E-state index contributed by atoms with van der Waals surface area (Å²) in [5.41, 5.74) is -0.140. The minimum absolute atomic E-state index is 0.438. The van der Waals surface area contributed by atoms with Gasteiger partial charge >= 0.3 is 12.1 Å². The molecule has 0 spiro atoms. The van der Waals surface area contributed by atoms with Crippen LogP contribution in [-0.2, 0) is 9.53 Å². The fourth-order valence-corrected chi connectivity index (χ4v) is 2.16. The molecule has 1 N–H and O–H groups in total. The molecule has 1 amide bonds. The van der Waals surface area contributed by atoms with Crippen molar-refractivity contribution in [3.05, 3.63) is 24.3 Å². The van der Waals surface area contributed by atoms with Crippen LogP contribution in [0, 0.1) is 0 Å². The average Bonchev–Trinajstić information content (AvgIpc) is 2.33. The monoisotopic (exact) mass is 297 g/mol. The normalized spacial score (nSPS) is 11.0. The molecule has 0 saturated heterocycles. The second-order valence-electron chi connectivity index (χ2n) is 5.13. The van der Waals surface area contributed by atoms with Crippen LogP contribution in [0.2, 0.25) is 0 Å². The van der Waals surface area contributed by atoms with Crippen LogP contribution in [0.1, 0.15) is 20.8 Å². The maximum absolute atomic E-state index is 12.2. The topological polar surface area (TPSA) is 66.8 Å². The molecule has 0 bridgehead atoms. The first-order chi connectivity index (χ1) is 9.24. The zero-order valence-corrected chi connectivity index (χ0v) is 12.9. The molecule has 20 heavy (non-hydrogen) atoms. The zero-order chi connectivity index (χ0) is 15.3. The van der Waals surface area contributed by atoms with Gasteiger partial charge in [-0.05, 0) is 39.2 Å². The summed E-state index contributed by atoms with van der Waals surface area (Å²) in [7, 11) is 0. The molecule has 0 unspecified atom stereocenters. The molecule has 5 nitrogen and oxygen atoms in total. The maximum atomic E-state index is 12.2. The predicted octanol–water partition coefficient (Wildman–Crippen LogP) is 3.23. The number of amides is 1. The van der Waals surface area contributed by atoms with E-state index in [1.807, 2.05) is 18.4 Å². The molecule has 1 aromatic carbocycles. The minimum atomic E-state index is -1.09. The summed E-state index contributed by atoms with van der Waals surface area (Å²) in [6.45, 7) is 4.78. The van der Waals surface area contributed by atoms with E-state index in [1.54, 1.807) is 32.9 Å². The first kappa shape index (κ1) is 16.4. The summed E-state index contributed by atoms with van der Waals surface area (Å²) < 4.78 is 5.27. The fraction of sp³-hybridized carbons (Fsp3) is 0.429. The Hall–Kier alpha value is -1.69. The second kappa shape index (κ2) is 6.65. The van der Waals surface area contributed by atoms with E-state index in [2.05, 4.69) is 0 Å². The minimum Gasteiger partial charge on any atom is -0.480 e. The van der Waals surface area contributed by atoms with Gasteiger partial charge in [-0.1, -0.05) is 12.1 Å². The molecule has 6 heteroatoms. The number of para-hydroxylation sites is 1. The Balaban J connectivity index is 3.12. The lowest BCUT2D eigenvalue weighted by Crippen LogP contribution is -2.40. The predicted molar refractivity (Wildman–Crippen MR) is 79.4 cm³/mol. The summed E-state index contributed by atoms with van der Waals surface area (Å²) in [6.07, 6.45) is 1.20. The van der Waals surface area contributed by atoms with Crippen LogP contribution in [0.4, 0.5) is 10.5 Å². The third-order valence-electron chi connectivity index (χ3n) is 2.28. The van der Waals surface area contributed by atoms with E-state index < -0.39 is 24.2 Å². The number of nitrogens with zero attached hydrogens (tertiary/aromatic N) is 1. The van der Waals surface area contributed by atoms with Crippen molar-refractivity contribution in [3.8, 4) is 0 Å². The Morgan fingerprint density at radius 1 is 1.30 bits per heavy atom. The summed E-state index contributed by atoms with van der Waals surface area (Å²) in [4.78, 5) is 25.1. The average molecular weight is 297 g/mol. The van der Waals surface area contributed by atoms with Crippen LogP contribution in [0.15, 0.2) is 29.2 Å². The van der Waals surface area contributed by atoms with Gasteiger partial charge in [-0.3, -0.25) is 9.69 Å². The van der Waals surface area contributed by atoms with Gasteiger partial charge in [-0.2, -0.15) is 0 Å². The number of rotatable bonds is 4. The highest BCUT2D eigenvalue weighted by Gasteiger charge is 2.26. The van der Waals surface area contributed by atoms with Gasteiger partial charge in [0, 0.05) is 4.90 Å². The number of carboxylic acids is 1. The van der Waals surface area contributed by atoms with Gasteiger partial charge in [0.2, 0.25) is 0 Å². The lowest BCUT2D eigenvalue weighted by atomic mass is 10.2. The maximum Gasteiger partial charge on any atom is 0.415 e. The van der Waals surface area contributed by atoms with E-state index in [-0.39, 0.29) is 0 Å². The standard InChI is InChI=1S/C14H19NO4S/c1-14(2,3)19-13(18)15(9-12(16)17)10-7-5-6-8-11(10)20-4/h5-8H,9H2,1-4H3,(H,16,17). The second-order valence-corrected chi connectivity index (χ2v) is 5.98. The van der Waals surface area contributed by atoms with Gasteiger partial charge in [-0.25, -0.2) is 4.79 Å². The number of carbonyl (C=O) groups is 2. The molecule has 110 valence electrons. The number of aliphatic carboxylic acids is 1. The number of benzene rings is 1. The fourth-order valence-electron chi connectivity index (χ4n) is 1.55. The molecule has 1 aromatic rings. The SMILES string of the molecule is CSc1ccccc1N(CC(=O)O)C(=O)OC(C)(C)C. The van der Waals surface area contributed by atoms with E-state index in [0.717, 1.165) is 9.80 Å². The molecule has 0 fully saturated rings. The van der Waals surface area contributed by atoms with Crippen LogP contribution < -0.4 is 4.90 Å². The van der Waals surface area contributed by atoms with E-state index in [9.17, 15) is 9.59 Å². The number of carboxylic acid groups (broad SMARTS) is 1. The molecule has 0 aliphatic heterocycles. The number of anilines is 1. The Kier molecular flexibility index (Phi) is 5.44. The van der Waals surface area contributed by atoms with Crippen LogP contribution in [-0.4, -0.2) is 35.6 Å². The number of hydrogen-bond donors (Lipinski definition) is 1. The van der Waals surface area contributed by atoms with Crippen LogP contribution in [0.3, 0.4) is 0 Å². The van der Waals surface area contributed by atoms with Gasteiger partial charge in [0.1, 0.15) is 12.1 Å². The van der Waals surface area contributed by atoms with Crippen molar-refractivity contribution < 1.29 is 19.4 Å². The molecule has 0 saturated carbocycles. The highest BCUT2D eigenvalue weighted by molar-refractivity contribution is 7.98. The van der Waals surface area contributed by atoms with Gasteiger partial charge < -0.3 is 9.84 Å².